The molecular weight excluding hydrogens is 338 g/mol. The standard InChI is InChI=1S/C20H24ClNO3/c1-5-19(25-17-10-11-18(21)13(2)12-17)20(23)22-14(3)15-6-8-16(24-4)9-7-15/h6-12,14,19H,5H2,1-4H3,(H,22,23). The van der Waals surface area contributed by atoms with Gasteiger partial charge in [0.05, 0.1) is 13.2 Å². The third-order valence-electron chi connectivity index (χ3n) is 4.05. The van der Waals surface area contributed by atoms with Crippen LogP contribution in [-0.2, 0) is 4.79 Å². The van der Waals surface area contributed by atoms with Crippen LogP contribution in [0.15, 0.2) is 42.5 Å². The lowest BCUT2D eigenvalue weighted by molar-refractivity contribution is -0.128. The number of methoxy groups -OCH3 is 1. The van der Waals surface area contributed by atoms with Gasteiger partial charge in [-0.25, -0.2) is 0 Å². The van der Waals surface area contributed by atoms with Gasteiger partial charge in [0.1, 0.15) is 11.5 Å². The molecule has 4 nitrogen and oxygen atoms in total. The van der Waals surface area contributed by atoms with E-state index in [0.29, 0.717) is 17.2 Å². The number of ether oxygens (including phenoxy) is 2. The van der Waals surface area contributed by atoms with Crippen LogP contribution in [0.4, 0.5) is 0 Å². The van der Waals surface area contributed by atoms with Crippen LogP contribution < -0.4 is 14.8 Å². The Morgan fingerprint density at radius 1 is 1.16 bits per heavy atom. The van der Waals surface area contributed by atoms with Crippen molar-refractivity contribution in [3.8, 4) is 11.5 Å². The smallest absolute Gasteiger partial charge is 0.261 e. The fraction of sp³-hybridized carbons (Fsp3) is 0.350. The molecule has 0 aromatic heterocycles. The van der Waals surface area contributed by atoms with Gasteiger partial charge >= 0.3 is 0 Å². The van der Waals surface area contributed by atoms with Crippen LogP contribution in [0.5, 0.6) is 11.5 Å². The van der Waals surface area contributed by atoms with Gasteiger partial charge in [0.15, 0.2) is 6.10 Å². The van der Waals surface area contributed by atoms with E-state index in [1.165, 1.54) is 0 Å². The van der Waals surface area contributed by atoms with Crippen LogP contribution in [0.1, 0.15) is 37.4 Å². The molecule has 0 aliphatic rings. The lowest BCUT2D eigenvalue weighted by Crippen LogP contribution is -2.39. The Balaban J connectivity index is 2.01. The summed E-state index contributed by atoms with van der Waals surface area (Å²) in [5, 5.41) is 3.68. The van der Waals surface area contributed by atoms with Crippen LogP contribution >= 0.6 is 11.6 Å². The summed E-state index contributed by atoms with van der Waals surface area (Å²) in [6.45, 7) is 5.77. The number of hydrogen-bond donors (Lipinski definition) is 1. The molecule has 2 aromatic carbocycles. The number of amides is 1. The maximum atomic E-state index is 12.6. The van der Waals surface area contributed by atoms with Gasteiger partial charge in [-0.2, -0.15) is 0 Å². The predicted octanol–water partition coefficient (Wildman–Crippen LogP) is 4.69. The first-order valence-electron chi connectivity index (χ1n) is 8.31. The number of hydrogen-bond acceptors (Lipinski definition) is 3. The molecule has 0 fully saturated rings. The summed E-state index contributed by atoms with van der Waals surface area (Å²) in [6.07, 6.45) is 0.0179. The molecule has 0 bridgehead atoms. The first kappa shape index (κ1) is 19.1. The van der Waals surface area contributed by atoms with Gasteiger partial charge in [-0.15, -0.1) is 0 Å². The third-order valence-corrected chi connectivity index (χ3v) is 4.47. The molecule has 0 heterocycles. The van der Waals surface area contributed by atoms with Crippen molar-refractivity contribution in [2.45, 2.75) is 39.3 Å². The van der Waals surface area contributed by atoms with Crippen LogP contribution in [-0.4, -0.2) is 19.1 Å². The molecule has 1 amide bonds. The zero-order valence-corrected chi connectivity index (χ0v) is 15.8. The zero-order valence-electron chi connectivity index (χ0n) is 15.0. The zero-order chi connectivity index (χ0) is 18.4. The monoisotopic (exact) mass is 361 g/mol. The van der Waals surface area contributed by atoms with E-state index in [0.717, 1.165) is 16.9 Å². The quantitative estimate of drug-likeness (QED) is 0.778. The molecule has 2 unspecified atom stereocenters. The highest BCUT2D eigenvalue weighted by molar-refractivity contribution is 6.31. The maximum Gasteiger partial charge on any atom is 0.261 e. The first-order valence-corrected chi connectivity index (χ1v) is 8.69. The van der Waals surface area contributed by atoms with Crippen molar-refractivity contribution >= 4 is 17.5 Å². The van der Waals surface area contributed by atoms with E-state index in [1.54, 1.807) is 19.2 Å². The second-order valence-electron chi connectivity index (χ2n) is 5.93. The predicted molar refractivity (Wildman–Crippen MR) is 100 cm³/mol. The minimum Gasteiger partial charge on any atom is -0.497 e. The Kier molecular flexibility index (Phi) is 6.71. The van der Waals surface area contributed by atoms with E-state index in [1.807, 2.05) is 51.1 Å². The van der Waals surface area contributed by atoms with Crippen molar-refractivity contribution in [2.75, 3.05) is 7.11 Å². The number of carbonyl (C=O) groups is 1. The molecule has 2 rings (SSSR count). The molecule has 2 atom stereocenters. The summed E-state index contributed by atoms with van der Waals surface area (Å²) in [6, 6.07) is 12.9. The number of aryl methyl sites for hydroxylation is 1. The van der Waals surface area contributed by atoms with Gasteiger partial charge in [-0.3, -0.25) is 4.79 Å². The highest BCUT2D eigenvalue weighted by Crippen LogP contribution is 2.23. The highest BCUT2D eigenvalue weighted by Gasteiger charge is 2.21. The van der Waals surface area contributed by atoms with Gasteiger partial charge in [-0.1, -0.05) is 30.7 Å². The summed E-state index contributed by atoms with van der Waals surface area (Å²) in [5.74, 6) is 1.29. The normalized spacial score (nSPS) is 13.0. The molecule has 2 aromatic rings. The number of nitrogens with one attached hydrogen (secondary N) is 1. The average molecular weight is 362 g/mol. The van der Waals surface area contributed by atoms with Crippen molar-refractivity contribution in [1.29, 1.82) is 0 Å². The van der Waals surface area contributed by atoms with Crippen molar-refractivity contribution in [2.24, 2.45) is 0 Å². The topological polar surface area (TPSA) is 47.6 Å². The molecule has 0 spiro atoms. The van der Waals surface area contributed by atoms with Crippen molar-refractivity contribution in [1.82, 2.24) is 5.32 Å². The molecule has 134 valence electrons. The minimum atomic E-state index is -0.554. The molecule has 0 aliphatic carbocycles. The maximum absolute atomic E-state index is 12.6. The van der Waals surface area contributed by atoms with E-state index in [4.69, 9.17) is 21.1 Å². The fourth-order valence-electron chi connectivity index (χ4n) is 2.46. The number of halogens is 1. The first-order chi connectivity index (χ1) is 11.9. The highest BCUT2D eigenvalue weighted by atomic mass is 35.5. The Hall–Kier alpha value is -2.20. The van der Waals surface area contributed by atoms with Crippen LogP contribution in [0.2, 0.25) is 5.02 Å². The second-order valence-corrected chi connectivity index (χ2v) is 6.34. The second kappa shape index (κ2) is 8.77. The van der Waals surface area contributed by atoms with E-state index in [2.05, 4.69) is 5.32 Å². The van der Waals surface area contributed by atoms with Gasteiger partial charge in [0, 0.05) is 5.02 Å². The van der Waals surface area contributed by atoms with Gasteiger partial charge in [-0.05, 0) is 61.7 Å². The lowest BCUT2D eigenvalue weighted by atomic mass is 10.1. The van der Waals surface area contributed by atoms with E-state index >= 15 is 0 Å². The summed E-state index contributed by atoms with van der Waals surface area (Å²) in [7, 11) is 1.63. The fourth-order valence-corrected chi connectivity index (χ4v) is 2.58. The largest absolute Gasteiger partial charge is 0.497 e. The summed E-state index contributed by atoms with van der Waals surface area (Å²) in [5.41, 5.74) is 1.92. The SMILES string of the molecule is CCC(Oc1ccc(Cl)c(C)c1)C(=O)NC(C)c1ccc(OC)cc1. The number of rotatable bonds is 7. The molecule has 5 heteroatoms. The Morgan fingerprint density at radius 2 is 1.80 bits per heavy atom. The van der Waals surface area contributed by atoms with Gasteiger partial charge in [0.25, 0.3) is 5.91 Å². The Bertz CT molecular complexity index is 715. The molecular formula is C20H24ClNO3. The Labute approximate surface area is 154 Å². The molecule has 0 saturated heterocycles. The molecule has 25 heavy (non-hydrogen) atoms. The summed E-state index contributed by atoms with van der Waals surface area (Å²) < 4.78 is 11.0. The number of benzene rings is 2. The summed E-state index contributed by atoms with van der Waals surface area (Å²) >= 11 is 6.03. The van der Waals surface area contributed by atoms with Crippen molar-refractivity contribution < 1.29 is 14.3 Å². The van der Waals surface area contributed by atoms with E-state index in [-0.39, 0.29) is 11.9 Å². The third kappa shape index (κ3) is 5.13. The van der Waals surface area contributed by atoms with E-state index < -0.39 is 6.10 Å². The lowest BCUT2D eigenvalue weighted by Gasteiger charge is -2.21. The van der Waals surface area contributed by atoms with Crippen molar-refractivity contribution in [3.05, 3.63) is 58.6 Å². The summed E-state index contributed by atoms with van der Waals surface area (Å²) in [4.78, 5) is 12.6. The van der Waals surface area contributed by atoms with Gasteiger partial charge in [0.2, 0.25) is 0 Å². The van der Waals surface area contributed by atoms with E-state index in [9.17, 15) is 4.79 Å². The molecule has 0 radical (unpaired) electrons. The van der Waals surface area contributed by atoms with Gasteiger partial charge < -0.3 is 14.8 Å². The van der Waals surface area contributed by atoms with Crippen LogP contribution in [0, 0.1) is 6.92 Å². The molecule has 0 saturated carbocycles. The molecule has 1 N–H and O–H groups in total. The Morgan fingerprint density at radius 3 is 2.36 bits per heavy atom. The van der Waals surface area contributed by atoms with Crippen molar-refractivity contribution in [3.63, 3.8) is 0 Å². The van der Waals surface area contributed by atoms with Crippen LogP contribution in [0.3, 0.4) is 0 Å². The van der Waals surface area contributed by atoms with Crippen LogP contribution in [0.25, 0.3) is 0 Å². The molecule has 0 aliphatic heterocycles. The average Bonchev–Trinajstić information content (AvgIpc) is 2.62. The number of carbonyl (C=O) groups excluding carboxylic acids is 1. The minimum absolute atomic E-state index is 0.122.